The fourth-order valence-electron chi connectivity index (χ4n) is 3.79. The van der Waals surface area contributed by atoms with Gasteiger partial charge in [-0.3, -0.25) is 4.99 Å². The molecule has 22 heavy (non-hydrogen) atoms. The molecule has 0 spiro atoms. The summed E-state index contributed by atoms with van der Waals surface area (Å²) in [5.41, 5.74) is 1.50. The van der Waals surface area contributed by atoms with Crippen molar-refractivity contribution < 1.29 is 0 Å². The third-order valence-electron chi connectivity index (χ3n) is 4.97. The van der Waals surface area contributed by atoms with Gasteiger partial charge in [0.15, 0.2) is 0 Å². The zero-order valence-electron chi connectivity index (χ0n) is 13.5. The minimum atomic E-state index is 0. The van der Waals surface area contributed by atoms with Gasteiger partial charge in [0.1, 0.15) is 0 Å². The van der Waals surface area contributed by atoms with Gasteiger partial charge in [-0.2, -0.15) is 0 Å². The van der Waals surface area contributed by atoms with Gasteiger partial charge in [-0.05, 0) is 31.2 Å². The summed E-state index contributed by atoms with van der Waals surface area (Å²) in [5, 5.41) is 3.81. The lowest BCUT2D eigenvalue weighted by molar-refractivity contribution is 0.551. The molecule has 1 aromatic rings. The van der Waals surface area contributed by atoms with Crippen LogP contribution < -0.4 is 5.32 Å². The Kier molecular flexibility index (Phi) is 7.24. The summed E-state index contributed by atoms with van der Waals surface area (Å²) < 4.78 is 0. The third kappa shape index (κ3) is 4.74. The Labute approximate surface area is 141 Å². The molecule has 0 aromatic heterocycles. The molecular formula is C19H29ClN2. The predicted octanol–water partition coefficient (Wildman–Crippen LogP) is 5.09. The minimum absolute atomic E-state index is 0. The summed E-state index contributed by atoms with van der Waals surface area (Å²) in [5.74, 6) is 1.95. The number of halogens is 1. The standard InChI is InChI=1S/C19H28N2.ClH/c1-2-7-14-19(20-15-8-3-1)21-18-13-9-12-17(18)16-10-5-4-6-11-16;/h4-6,10-11,17-18H,1-3,7-9,12-15H2,(H,20,21);1H. The Morgan fingerprint density at radius 2 is 1.64 bits per heavy atom. The molecule has 1 heterocycles. The number of benzene rings is 1. The fourth-order valence-corrected chi connectivity index (χ4v) is 3.79. The number of amidine groups is 1. The first kappa shape index (κ1) is 17.3. The SMILES string of the molecule is Cl.c1ccc(C2CCCC2NC2=NCCCCCCC2)cc1. The monoisotopic (exact) mass is 320 g/mol. The van der Waals surface area contributed by atoms with Gasteiger partial charge in [0.25, 0.3) is 0 Å². The van der Waals surface area contributed by atoms with Crippen LogP contribution >= 0.6 is 12.4 Å². The van der Waals surface area contributed by atoms with Crippen LogP contribution in [0.1, 0.15) is 69.3 Å². The van der Waals surface area contributed by atoms with E-state index in [0.29, 0.717) is 12.0 Å². The van der Waals surface area contributed by atoms with Crippen LogP contribution in [0.15, 0.2) is 35.3 Å². The van der Waals surface area contributed by atoms with E-state index in [4.69, 9.17) is 4.99 Å². The number of nitrogens with one attached hydrogen (secondary N) is 1. The molecule has 2 aliphatic rings. The molecule has 1 aliphatic carbocycles. The molecule has 2 atom stereocenters. The largest absolute Gasteiger partial charge is 0.370 e. The molecule has 0 saturated heterocycles. The Morgan fingerprint density at radius 3 is 2.50 bits per heavy atom. The summed E-state index contributed by atoms with van der Waals surface area (Å²) in [6, 6.07) is 11.6. The molecule has 2 unspecified atom stereocenters. The summed E-state index contributed by atoms with van der Waals surface area (Å²) >= 11 is 0. The highest BCUT2D eigenvalue weighted by molar-refractivity contribution is 5.85. The van der Waals surface area contributed by atoms with Crippen molar-refractivity contribution >= 4 is 18.2 Å². The van der Waals surface area contributed by atoms with E-state index >= 15 is 0 Å². The molecule has 1 fully saturated rings. The maximum atomic E-state index is 4.84. The lowest BCUT2D eigenvalue weighted by Gasteiger charge is -2.23. The van der Waals surface area contributed by atoms with E-state index in [-0.39, 0.29) is 12.4 Å². The molecular weight excluding hydrogens is 292 g/mol. The van der Waals surface area contributed by atoms with Crippen molar-refractivity contribution in [1.29, 1.82) is 0 Å². The van der Waals surface area contributed by atoms with Gasteiger partial charge >= 0.3 is 0 Å². The number of hydrogen-bond donors (Lipinski definition) is 1. The van der Waals surface area contributed by atoms with E-state index in [1.54, 1.807) is 0 Å². The second-order valence-corrected chi connectivity index (χ2v) is 6.55. The van der Waals surface area contributed by atoms with Crippen LogP contribution in [0.3, 0.4) is 0 Å². The first-order valence-corrected chi connectivity index (χ1v) is 8.78. The smallest absolute Gasteiger partial charge is 0.0965 e. The molecule has 1 aliphatic heterocycles. The Morgan fingerprint density at radius 1 is 0.864 bits per heavy atom. The molecule has 1 saturated carbocycles. The first-order valence-electron chi connectivity index (χ1n) is 8.78. The van der Waals surface area contributed by atoms with Crippen LogP contribution in [-0.2, 0) is 0 Å². The summed E-state index contributed by atoms with van der Waals surface area (Å²) in [7, 11) is 0. The van der Waals surface area contributed by atoms with Crippen molar-refractivity contribution in [2.24, 2.45) is 4.99 Å². The summed E-state index contributed by atoms with van der Waals surface area (Å²) in [6.45, 7) is 1.02. The normalized spacial score (nSPS) is 26.1. The van der Waals surface area contributed by atoms with Crippen molar-refractivity contribution in [1.82, 2.24) is 5.32 Å². The van der Waals surface area contributed by atoms with Crippen molar-refractivity contribution in [2.75, 3.05) is 6.54 Å². The highest BCUT2D eigenvalue weighted by Gasteiger charge is 2.28. The Hall–Kier alpha value is -1.02. The predicted molar refractivity (Wildman–Crippen MR) is 97.2 cm³/mol. The van der Waals surface area contributed by atoms with Crippen LogP contribution in [0.25, 0.3) is 0 Å². The molecule has 122 valence electrons. The van der Waals surface area contributed by atoms with Gasteiger partial charge in [-0.15, -0.1) is 12.4 Å². The molecule has 2 nitrogen and oxygen atoms in total. The van der Waals surface area contributed by atoms with Gasteiger partial charge in [-0.1, -0.05) is 56.0 Å². The average Bonchev–Trinajstić information content (AvgIpc) is 3.02. The van der Waals surface area contributed by atoms with Crippen LogP contribution in [-0.4, -0.2) is 18.4 Å². The van der Waals surface area contributed by atoms with Crippen molar-refractivity contribution in [3.8, 4) is 0 Å². The highest BCUT2D eigenvalue weighted by Crippen LogP contribution is 2.34. The zero-order valence-corrected chi connectivity index (χ0v) is 14.3. The van der Waals surface area contributed by atoms with Crippen molar-refractivity contribution in [3.63, 3.8) is 0 Å². The highest BCUT2D eigenvalue weighted by atomic mass is 35.5. The van der Waals surface area contributed by atoms with Crippen LogP contribution in [0.2, 0.25) is 0 Å². The molecule has 1 N–H and O–H groups in total. The second-order valence-electron chi connectivity index (χ2n) is 6.55. The average molecular weight is 321 g/mol. The minimum Gasteiger partial charge on any atom is -0.370 e. The van der Waals surface area contributed by atoms with Gasteiger partial charge in [0.05, 0.1) is 5.84 Å². The molecule has 3 heteroatoms. The van der Waals surface area contributed by atoms with E-state index in [2.05, 4.69) is 35.6 Å². The van der Waals surface area contributed by atoms with E-state index in [1.807, 2.05) is 0 Å². The van der Waals surface area contributed by atoms with Gasteiger partial charge in [-0.25, -0.2) is 0 Å². The van der Waals surface area contributed by atoms with Crippen molar-refractivity contribution in [3.05, 3.63) is 35.9 Å². The fraction of sp³-hybridized carbons (Fsp3) is 0.632. The van der Waals surface area contributed by atoms with Crippen LogP contribution in [0.5, 0.6) is 0 Å². The topological polar surface area (TPSA) is 24.4 Å². The van der Waals surface area contributed by atoms with E-state index in [1.165, 1.54) is 62.8 Å². The molecule has 1 aromatic carbocycles. The van der Waals surface area contributed by atoms with E-state index in [0.717, 1.165) is 13.0 Å². The molecule has 0 amide bonds. The van der Waals surface area contributed by atoms with Crippen LogP contribution in [0.4, 0.5) is 0 Å². The van der Waals surface area contributed by atoms with E-state index in [9.17, 15) is 0 Å². The van der Waals surface area contributed by atoms with Gasteiger partial charge in [0.2, 0.25) is 0 Å². The second kappa shape index (κ2) is 9.19. The molecule has 0 bridgehead atoms. The number of rotatable bonds is 2. The quantitative estimate of drug-likeness (QED) is 0.806. The lowest BCUT2D eigenvalue weighted by atomic mass is 9.94. The van der Waals surface area contributed by atoms with E-state index < -0.39 is 0 Å². The lowest BCUT2D eigenvalue weighted by Crippen LogP contribution is -2.36. The van der Waals surface area contributed by atoms with Crippen molar-refractivity contribution in [2.45, 2.75) is 69.7 Å². The van der Waals surface area contributed by atoms with Gasteiger partial charge < -0.3 is 5.32 Å². The third-order valence-corrected chi connectivity index (χ3v) is 4.97. The zero-order chi connectivity index (χ0) is 14.3. The number of aliphatic imine (C=N–C) groups is 1. The number of nitrogens with zero attached hydrogens (tertiary/aromatic N) is 1. The molecule has 0 radical (unpaired) electrons. The maximum absolute atomic E-state index is 4.84. The Bertz CT molecular complexity index is 458. The van der Waals surface area contributed by atoms with Crippen LogP contribution in [0, 0.1) is 0 Å². The number of hydrogen-bond acceptors (Lipinski definition) is 2. The summed E-state index contributed by atoms with van der Waals surface area (Å²) in [4.78, 5) is 4.84. The van der Waals surface area contributed by atoms with Gasteiger partial charge in [0, 0.05) is 24.9 Å². The maximum Gasteiger partial charge on any atom is 0.0965 e. The molecule has 3 rings (SSSR count). The Balaban J connectivity index is 0.00000176. The first-order chi connectivity index (χ1) is 10.4. The summed E-state index contributed by atoms with van der Waals surface area (Å²) in [6.07, 6.45) is 11.8.